The summed E-state index contributed by atoms with van der Waals surface area (Å²) in [5.74, 6) is -0.0221. The lowest BCUT2D eigenvalue weighted by atomic mass is 9.99. The Hall–Kier alpha value is -1.10. The monoisotopic (exact) mass is 309 g/mol. The number of piperidine rings is 1. The molecular weight excluding hydrogens is 286 g/mol. The number of nitrogens with two attached hydrogens (primary N) is 1. The molecule has 1 aliphatic rings. The number of benzene rings is 1. The lowest BCUT2D eigenvalue weighted by molar-refractivity contribution is -0.118. The summed E-state index contributed by atoms with van der Waals surface area (Å²) in [4.78, 5) is 14.4. The molecule has 0 aromatic heterocycles. The van der Waals surface area contributed by atoms with Crippen molar-refractivity contribution in [1.82, 2.24) is 4.90 Å². The molecular formula is C16H24ClN3O. The minimum atomic E-state index is -0.0221. The Balaban J connectivity index is 1.99. The van der Waals surface area contributed by atoms with Crippen molar-refractivity contribution in [2.75, 3.05) is 18.4 Å². The van der Waals surface area contributed by atoms with Gasteiger partial charge in [-0.05, 0) is 50.8 Å². The SMILES string of the molecule is Cc1cc(C)c(NC(=O)CN2CCC(N)CC2C)c(Cl)c1. The van der Waals surface area contributed by atoms with Gasteiger partial charge in [0, 0.05) is 18.6 Å². The lowest BCUT2D eigenvalue weighted by Gasteiger charge is -2.35. The van der Waals surface area contributed by atoms with Crippen LogP contribution in [-0.2, 0) is 4.79 Å². The number of hydrogen-bond donors (Lipinski definition) is 2. The molecule has 1 aromatic carbocycles. The first kappa shape index (κ1) is 16.3. The molecule has 1 aliphatic heterocycles. The number of nitrogens with zero attached hydrogens (tertiary/aromatic N) is 1. The van der Waals surface area contributed by atoms with E-state index in [1.165, 1.54) is 0 Å². The first-order valence-electron chi connectivity index (χ1n) is 7.43. The summed E-state index contributed by atoms with van der Waals surface area (Å²) in [7, 11) is 0. The fourth-order valence-electron chi connectivity index (χ4n) is 2.93. The molecule has 0 spiro atoms. The smallest absolute Gasteiger partial charge is 0.238 e. The highest BCUT2D eigenvalue weighted by molar-refractivity contribution is 6.34. The van der Waals surface area contributed by atoms with Gasteiger partial charge in [0.2, 0.25) is 5.91 Å². The number of likely N-dealkylation sites (tertiary alicyclic amines) is 1. The largest absolute Gasteiger partial charge is 0.328 e. The molecule has 0 saturated carbocycles. The second-order valence-electron chi connectivity index (χ2n) is 6.09. The molecule has 0 aliphatic carbocycles. The number of carbonyl (C=O) groups excluding carboxylic acids is 1. The quantitative estimate of drug-likeness (QED) is 0.902. The maximum absolute atomic E-state index is 12.3. The Morgan fingerprint density at radius 2 is 2.19 bits per heavy atom. The predicted molar refractivity (Wildman–Crippen MR) is 87.8 cm³/mol. The lowest BCUT2D eigenvalue weighted by Crippen LogP contribution is -2.48. The molecule has 1 aromatic rings. The van der Waals surface area contributed by atoms with Crippen molar-refractivity contribution in [2.24, 2.45) is 5.73 Å². The van der Waals surface area contributed by atoms with Crippen LogP contribution in [0.25, 0.3) is 0 Å². The van der Waals surface area contributed by atoms with Gasteiger partial charge in [-0.3, -0.25) is 9.69 Å². The summed E-state index contributed by atoms with van der Waals surface area (Å²) in [6, 6.07) is 4.48. The van der Waals surface area contributed by atoms with Gasteiger partial charge >= 0.3 is 0 Å². The highest BCUT2D eigenvalue weighted by atomic mass is 35.5. The van der Waals surface area contributed by atoms with Crippen LogP contribution in [-0.4, -0.2) is 36.0 Å². The number of hydrogen-bond acceptors (Lipinski definition) is 3. The van der Waals surface area contributed by atoms with Gasteiger partial charge in [-0.2, -0.15) is 0 Å². The third-order valence-corrected chi connectivity index (χ3v) is 4.40. The van der Waals surface area contributed by atoms with Gasteiger partial charge in [0.05, 0.1) is 17.3 Å². The van der Waals surface area contributed by atoms with E-state index in [4.69, 9.17) is 17.3 Å². The van der Waals surface area contributed by atoms with E-state index in [1.54, 1.807) is 0 Å². The summed E-state index contributed by atoms with van der Waals surface area (Å²) in [5.41, 5.74) is 8.75. The fraction of sp³-hybridized carbons (Fsp3) is 0.562. The molecule has 3 N–H and O–H groups in total. The molecule has 2 unspecified atom stereocenters. The Morgan fingerprint density at radius 1 is 1.48 bits per heavy atom. The average Bonchev–Trinajstić information content (AvgIpc) is 2.37. The van der Waals surface area contributed by atoms with E-state index in [9.17, 15) is 4.79 Å². The van der Waals surface area contributed by atoms with Crippen LogP contribution in [0.15, 0.2) is 12.1 Å². The maximum atomic E-state index is 12.3. The molecule has 0 radical (unpaired) electrons. The van der Waals surface area contributed by atoms with E-state index in [0.29, 0.717) is 23.3 Å². The topological polar surface area (TPSA) is 58.4 Å². The number of carbonyl (C=O) groups is 1. The Bertz CT molecular complexity index is 509. The number of aryl methyl sites for hydroxylation is 2. The normalized spacial score (nSPS) is 23.1. The van der Waals surface area contributed by atoms with Crippen LogP contribution in [0.1, 0.15) is 30.9 Å². The van der Waals surface area contributed by atoms with E-state index in [-0.39, 0.29) is 11.9 Å². The average molecular weight is 310 g/mol. The van der Waals surface area contributed by atoms with Gasteiger partial charge < -0.3 is 11.1 Å². The number of halogens is 1. The van der Waals surface area contributed by atoms with Crippen LogP contribution in [0.3, 0.4) is 0 Å². The van der Waals surface area contributed by atoms with Crippen molar-refractivity contribution in [3.05, 3.63) is 28.3 Å². The van der Waals surface area contributed by atoms with Crippen LogP contribution in [0.4, 0.5) is 5.69 Å². The highest BCUT2D eigenvalue weighted by Gasteiger charge is 2.25. The Morgan fingerprint density at radius 3 is 2.81 bits per heavy atom. The molecule has 1 saturated heterocycles. The van der Waals surface area contributed by atoms with Crippen LogP contribution >= 0.6 is 11.6 Å². The molecule has 0 bridgehead atoms. The Kier molecular flexibility index (Phi) is 5.25. The standard InChI is InChI=1S/C16H24ClN3O/c1-10-6-11(2)16(14(17)7-10)19-15(21)9-20-5-4-13(18)8-12(20)3/h6-7,12-13H,4-5,8-9,18H2,1-3H3,(H,19,21). The van der Waals surface area contributed by atoms with Gasteiger partial charge in [0.1, 0.15) is 0 Å². The van der Waals surface area contributed by atoms with Crippen LogP contribution in [0.5, 0.6) is 0 Å². The fourth-order valence-corrected chi connectivity index (χ4v) is 3.30. The first-order chi connectivity index (χ1) is 9.86. The molecule has 116 valence electrons. The molecule has 1 fully saturated rings. The molecule has 21 heavy (non-hydrogen) atoms. The van der Waals surface area contributed by atoms with Crippen LogP contribution in [0, 0.1) is 13.8 Å². The number of amides is 1. The molecule has 1 heterocycles. The third kappa shape index (κ3) is 4.19. The second-order valence-corrected chi connectivity index (χ2v) is 6.50. The van der Waals surface area contributed by atoms with Crippen molar-refractivity contribution in [3.63, 3.8) is 0 Å². The van der Waals surface area contributed by atoms with Crippen LogP contribution in [0.2, 0.25) is 5.02 Å². The first-order valence-corrected chi connectivity index (χ1v) is 7.81. The van der Waals surface area contributed by atoms with Gasteiger partial charge in [-0.1, -0.05) is 17.7 Å². The molecule has 2 atom stereocenters. The van der Waals surface area contributed by atoms with Crippen LogP contribution < -0.4 is 11.1 Å². The van der Waals surface area contributed by atoms with Crippen molar-refractivity contribution >= 4 is 23.2 Å². The summed E-state index contributed by atoms with van der Waals surface area (Å²) in [6.45, 7) is 7.32. The van der Waals surface area contributed by atoms with Gasteiger partial charge in [0.25, 0.3) is 0 Å². The van der Waals surface area contributed by atoms with E-state index in [2.05, 4.69) is 17.1 Å². The molecule has 5 heteroatoms. The zero-order valence-electron chi connectivity index (χ0n) is 12.9. The van der Waals surface area contributed by atoms with E-state index in [0.717, 1.165) is 30.5 Å². The van der Waals surface area contributed by atoms with Gasteiger partial charge in [-0.15, -0.1) is 0 Å². The summed E-state index contributed by atoms with van der Waals surface area (Å²) < 4.78 is 0. The number of nitrogens with one attached hydrogen (secondary N) is 1. The van der Waals surface area contributed by atoms with Crippen molar-refractivity contribution in [3.8, 4) is 0 Å². The molecule has 2 rings (SSSR count). The van der Waals surface area contributed by atoms with E-state index >= 15 is 0 Å². The zero-order valence-corrected chi connectivity index (χ0v) is 13.7. The summed E-state index contributed by atoms with van der Waals surface area (Å²) in [6.07, 6.45) is 1.89. The van der Waals surface area contributed by atoms with Crippen molar-refractivity contribution in [2.45, 2.75) is 45.7 Å². The van der Waals surface area contributed by atoms with Crippen molar-refractivity contribution < 1.29 is 4.79 Å². The third-order valence-electron chi connectivity index (χ3n) is 4.10. The number of anilines is 1. The minimum Gasteiger partial charge on any atom is -0.328 e. The molecule has 4 nitrogen and oxygen atoms in total. The zero-order chi connectivity index (χ0) is 15.6. The second kappa shape index (κ2) is 6.77. The van der Waals surface area contributed by atoms with Crippen molar-refractivity contribution in [1.29, 1.82) is 0 Å². The van der Waals surface area contributed by atoms with Gasteiger partial charge in [0.15, 0.2) is 0 Å². The number of rotatable bonds is 3. The minimum absolute atomic E-state index is 0.0221. The van der Waals surface area contributed by atoms with E-state index in [1.807, 2.05) is 26.0 Å². The maximum Gasteiger partial charge on any atom is 0.238 e. The van der Waals surface area contributed by atoms with E-state index < -0.39 is 0 Å². The predicted octanol–water partition coefficient (Wildman–Crippen LogP) is 2.71. The highest BCUT2D eigenvalue weighted by Crippen LogP contribution is 2.27. The van der Waals surface area contributed by atoms with Gasteiger partial charge in [-0.25, -0.2) is 0 Å². The summed E-state index contributed by atoms with van der Waals surface area (Å²) in [5, 5.41) is 3.53. The summed E-state index contributed by atoms with van der Waals surface area (Å²) >= 11 is 6.22. The molecule has 1 amide bonds. The Labute approximate surface area is 131 Å².